The van der Waals surface area contributed by atoms with Crippen LogP contribution in [0.2, 0.25) is 0 Å². The number of ether oxygens (including phenoxy) is 1. The Morgan fingerprint density at radius 2 is 2.32 bits per heavy atom. The van der Waals surface area contributed by atoms with E-state index in [0.29, 0.717) is 0 Å². The minimum Gasteiger partial charge on any atom is -0.497 e. The summed E-state index contributed by atoms with van der Waals surface area (Å²) in [4.78, 5) is 6.10. The summed E-state index contributed by atoms with van der Waals surface area (Å²) in [6.45, 7) is 2.15. The molecule has 1 aliphatic carbocycles. The van der Waals surface area contributed by atoms with Crippen molar-refractivity contribution in [2.24, 2.45) is 5.73 Å². The SMILES string of the molecule is CCCC(N)c1nc2c(s1)Cc1ccc(OC)cc1-2. The highest BCUT2D eigenvalue weighted by Crippen LogP contribution is 2.42. The molecule has 3 rings (SSSR count). The fraction of sp³-hybridized carbons (Fsp3) is 0.400. The van der Waals surface area contributed by atoms with Crippen LogP contribution in [0.3, 0.4) is 0 Å². The predicted molar refractivity (Wildman–Crippen MR) is 78.7 cm³/mol. The van der Waals surface area contributed by atoms with Crippen LogP contribution in [0.15, 0.2) is 18.2 Å². The Hall–Kier alpha value is -1.39. The highest BCUT2D eigenvalue weighted by Gasteiger charge is 2.25. The average molecular weight is 274 g/mol. The van der Waals surface area contributed by atoms with Gasteiger partial charge in [-0.25, -0.2) is 4.98 Å². The zero-order valence-electron chi connectivity index (χ0n) is 11.3. The van der Waals surface area contributed by atoms with Crippen LogP contribution >= 0.6 is 11.3 Å². The summed E-state index contributed by atoms with van der Waals surface area (Å²) >= 11 is 1.76. The first-order chi connectivity index (χ1) is 9.22. The Labute approximate surface area is 117 Å². The number of methoxy groups -OCH3 is 1. The lowest BCUT2D eigenvalue weighted by atomic mass is 10.1. The summed E-state index contributed by atoms with van der Waals surface area (Å²) in [6, 6.07) is 6.30. The molecule has 4 heteroatoms. The summed E-state index contributed by atoms with van der Waals surface area (Å²) in [6.07, 6.45) is 3.07. The molecule has 0 saturated heterocycles. The maximum atomic E-state index is 6.17. The smallest absolute Gasteiger partial charge is 0.119 e. The van der Waals surface area contributed by atoms with Gasteiger partial charge < -0.3 is 10.5 Å². The highest BCUT2D eigenvalue weighted by atomic mass is 32.1. The third-order valence-corrected chi connectivity index (χ3v) is 4.74. The molecule has 1 aromatic heterocycles. The van der Waals surface area contributed by atoms with Crippen LogP contribution in [0.1, 0.15) is 41.3 Å². The minimum absolute atomic E-state index is 0.0784. The van der Waals surface area contributed by atoms with Crippen LogP contribution in [0.5, 0.6) is 5.75 Å². The first-order valence-corrected chi connectivity index (χ1v) is 7.47. The van der Waals surface area contributed by atoms with Crippen LogP contribution in [0, 0.1) is 0 Å². The Morgan fingerprint density at radius 1 is 1.47 bits per heavy atom. The maximum absolute atomic E-state index is 6.17. The lowest BCUT2D eigenvalue weighted by Gasteiger charge is -2.07. The molecular weight excluding hydrogens is 256 g/mol. The van der Waals surface area contributed by atoms with Gasteiger partial charge in [0, 0.05) is 16.9 Å². The topological polar surface area (TPSA) is 48.1 Å². The number of benzene rings is 1. The lowest BCUT2D eigenvalue weighted by Crippen LogP contribution is -2.09. The third kappa shape index (κ3) is 2.15. The van der Waals surface area contributed by atoms with Gasteiger partial charge in [-0.15, -0.1) is 11.3 Å². The number of thiazole rings is 1. The largest absolute Gasteiger partial charge is 0.497 e. The lowest BCUT2D eigenvalue weighted by molar-refractivity contribution is 0.415. The van der Waals surface area contributed by atoms with Gasteiger partial charge in [-0.05, 0) is 24.1 Å². The van der Waals surface area contributed by atoms with Crippen LogP contribution in [-0.2, 0) is 6.42 Å². The van der Waals surface area contributed by atoms with Crippen LogP contribution in [0.25, 0.3) is 11.3 Å². The fourth-order valence-corrected chi connectivity index (χ4v) is 3.66. The van der Waals surface area contributed by atoms with Gasteiger partial charge >= 0.3 is 0 Å². The van der Waals surface area contributed by atoms with E-state index in [9.17, 15) is 0 Å². The number of hydrogen-bond acceptors (Lipinski definition) is 4. The molecule has 0 radical (unpaired) electrons. The van der Waals surface area contributed by atoms with Crippen molar-refractivity contribution in [2.75, 3.05) is 7.11 Å². The molecule has 1 aromatic carbocycles. The van der Waals surface area contributed by atoms with E-state index >= 15 is 0 Å². The molecule has 0 fully saturated rings. The number of nitrogens with two attached hydrogens (primary N) is 1. The molecule has 0 bridgehead atoms. The van der Waals surface area contributed by atoms with Gasteiger partial charge in [0.05, 0.1) is 18.8 Å². The third-order valence-electron chi connectivity index (χ3n) is 3.55. The van der Waals surface area contributed by atoms with Gasteiger partial charge in [0.1, 0.15) is 10.8 Å². The standard InChI is InChI=1S/C15H18N2OS/c1-3-4-12(16)15-17-14-11-8-10(18-2)6-5-9(11)7-13(14)19-15/h5-6,8,12H,3-4,7,16H2,1-2H3. The zero-order chi connectivity index (χ0) is 13.4. The number of rotatable bonds is 4. The molecule has 0 spiro atoms. The monoisotopic (exact) mass is 274 g/mol. The van der Waals surface area contributed by atoms with E-state index in [1.54, 1.807) is 18.4 Å². The highest BCUT2D eigenvalue weighted by molar-refractivity contribution is 7.12. The first kappa shape index (κ1) is 12.6. The predicted octanol–water partition coefficient (Wildman–Crippen LogP) is 3.52. The quantitative estimate of drug-likeness (QED) is 0.792. The van der Waals surface area contributed by atoms with Crippen molar-refractivity contribution in [2.45, 2.75) is 32.2 Å². The van der Waals surface area contributed by atoms with E-state index in [1.165, 1.54) is 16.0 Å². The molecule has 19 heavy (non-hydrogen) atoms. The van der Waals surface area contributed by atoms with Crippen LogP contribution in [-0.4, -0.2) is 12.1 Å². The van der Waals surface area contributed by atoms with Gasteiger partial charge in [0.2, 0.25) is 0 Å². The normalized spacial score (nSPS) is 14.1. The molecule has 1 heterocycles. The molecule has 0 aliphatic heterocycles. The Bertz CT molecular complexity index is 606. The summed E-state index contributed by atoms with van der Waals surface area (Å²) in [5.41, 5.74) is 9.82. The van der Waals surface area contributed by atoms with Crippen molar-refractivity contribution in [3.05, 3.63) is 33.6 Å². The van der Waals surface area contributed by atoms with E-state index in [0.717, 1.165) is 35.7 Å². The van der Waals surface area contributed by atoms with E-state index in [4.69, 9.17) is 15.5 Å². The Kier molecular flexibility index (Phi) is 3.29. The molecule has 2 aromatic rings. The van der Waals surface area contributed by atoms with Gasteiger partial charge in [-0.1, -0.05) is 19.4 Å². The second-order valence-corrected chi connectivity index (χ2v) is 6.03. The van der Waals surface area contributed by atoms with Gasteiger partial charge in [-0.3, -0.25) is 0 Å². The van der Waals surface area contributed by atoms with E-state index in [-0.39, 0.29) is 6.04 Å². The fourth-order valence-electron chi connectivity index (χ4n) is 2.52. The van der Waals surface area contributed by atoms with Crippen molar-refractivity contribution in [1.82, 2.24) is 4.98 Å². The molecule has 2 N–H and O–H groups in total. The average Bonchev–Trinajstić information content (AvgIpc) is 2.95. The molecule has 1 atom stereocenters. The van der Waals surface area contributed by atoms with Gasteiger partial charge in [0.25, 0.3) is 0 Å². The second-order valence-electron chi connectivity index (χ2n) is 4.92. The van der Waals surface area contributed by atoms with E-state index in [1.807, 2.05) is 6.07 Å². The maximum Gasteiger partial charge on any atom is 0.119 e. The number of aromatic nitrogens is 1. The number of fused-ring (bicyclic) bond motifs is 3. The van der Waals surface area contributed by atoms with Gasteiger partial charge in [0.15, 0.2) is 0 Å². The van der Waals surface area contributed by atoms with Crippen LogP contribution in [0.4, 0.5) is 0 Å². The molecule has 100 valence electrons. The molecule has 1 aliphatic rings. The Balaban J connectivity index is 1.98. The van der Waals surface area contributed by atoms with Crippen molar-refractivity contribution < 1.29 is 4.74 Å². The summed E-state index contributed by atoms with van der Waals surface area (Å²) in [7, 11) is 1.70. The summed E-state index contributed by atoms with van der Waals surface area (Å²) < 4.78 is 5.30. The number of nitrogens with zero attached hydrogens (tertiary/aromatic N) is 1. The van der Waals surface area contributed by atoms with E-state index in [2.05, 4.69) is 19.1 Å². The van der Waals surface area contributed by atoms with Crippen molar-refractivity contribution in [3.8, 4) is 17.0 Å². The molecule has 1 unspecified atom stereocenters. The molecular formula is C15H18N2OS. The summed E-state index contributed by atoms with van der Waals surface area (Å²) in [5.74, 6) is 0.888. The van der Waals surface area contributed by atoms with Gasteiger partial charge in [-0.2, -0.15) is 0 Å². The molecule has 0 saturated carbocycles. The van der Waals surface area contributed by atoms with Crippen LogP contribution < -0.4 is 10.5 Å². The number of hydrogen-bond donors (Lipinski definition) is 1. The van der Waals surface area contributed by atoms with Crippen molar-refractivity contribution in [3.63, 3.8) is 0 Å². The Morgan fingerprint density at radius 3 is 3.05 bits per heavy atom. The minimum atomic E-state index is 0.0784. The second kappa shape index (κ2) is 4.94. The van der Waals surface area contributed by atoms with E-state index < -0.39 is 0 Å². The molecule has 3 nitrogen and oxygen atoms in total. The van der Waals surface area contributed by atoms with Crippen molar-refractivity contribution in [1.29, 1.82) is 0 Å². The summed E-state index contributed by atoms with van der Waals surface area (Å²) in [5, 5.41) is 1.07. The first-order valence-electron chi connectivity index (χ1n) is 6.65. The van der Waals surface area contributed by atoms with Crippen molar-refractivity contribution >= 4 is 11.3 Å². The molecule has 0 amide bonds. The zero-order valence-corrected chi connectivity index (χ0v) is 12.1.